The summed E-state index contributed by atoms with van der Waals surface area (Å²) in [5.41, 5.74) is 11.6. The molecular formula is C45H53Cl4Cu2N5O2-2. The summed E-state index contributed by atoms with van der Waals surface area (Å²) in [7, 11) is 0. The SMILES string of the molecule is CC=[N+](c1ccccn1)c1c(C(C)C)cc(-c2cc([N+](=O)[O-])cc(-c3cc(C(C)C)c([N+](=CC)c4ccccn4)c(C(C)C)c3)c2C)cc1C(C)C.[Cl-].[Cl-].[Cl-].[Cl-].[Cu].[Cu]. The Kier molecular flexibility index (Phi) is 24.4. The Morgan fingerprint density at radius 1 is 0.552 bits per heavy atom. The van der Waals surface area contributed by atoms with Crippen LogP contribution in [0.4, 0.5) is 28.7 Å². The fourth-order valence-corrected chi connectivity index (χ4v) is 7.14. The van der Waals surface area contributed by atoms with Crippen LogP contribution in [-0.4, -0.2) is 27.3 Å². The van der Waals surface area contributed by atoms with Crippen molar-refractivity contribution in [2.24, 2.45) is 0 Å². The van der Waals surface area contributed by atoms with Crippen LogP contribution in [0.2, 0.25) is 0 Å². The summed E-state index contributed by atoms with van der Waals surface area (Å²) in [6.07, 6.45) is 7.77. The molecule has 0 atom stereocenters. The molecule has 322 valence electrons. The topological polar surface area (TPSA) is 74.9 Å². The summed E-state index contributed by atoms with van der Waals surface area (Å²) < 4.78 is 4.34. The Morgan fingerprint density at radius 3 is 1.09 bits per heavy atom. The van der Waals surface area contributed by atoms with E-state index in [1.165, 1.54) is 0 Å². The number of nitrogens with zero attached hydrogens (tertiary/aromatic N) is 5. The van der Waals surface area contributed by atoms with E-state index < -0.39 is 0 Å². The van der Waals surface area contributed by atoms with Crippen LogP contribution < -0.4 is 58.8 Å². The van der Waals surface area contributed by atoms with Gasteiger partial charge in [0.05, 0.1) is 17.4 Å². The summed E-state index contributed by atoms with van der Waals surface area (Å²) in [6.45, 7) is 23.8. The molecule has 7 nitrogen and oxygen atoms in total. The first-order chi connectivity index (χ1) is 24.8. The van der Waals surface area contributed by atoms with Crippen molar-refractivity contribution in [1.82, 2.24) is 19.1 Å². The van der Waals surface area contributed by atoms with Crippen LogP contribution in [0.15, 0.2) is 85.2 Å². The minimum Gasteiger partial charge on any atom is -1.00 e. The maximum absolute atomic E-state index is 12.6. The number of hydrogen-bond donors (Lipinski definition) is 0. The van der Waals surface area contributed by atoms with Crippen molar-refractivity contribution >= 4 is 41.1 Å². The number of nitro benzene ring substituents is 1. The second kappa shape index (κ2) is 24.9. The molecule has 13 heteroatoms. The van der Waals surface area contributed by atoms with E-state index in [0.717, 1.165) is 73.1 Å². The molecular weight excluding hydrogens is 911 g/mol. The van der Waals surface area contributed by atoms with Crippen molar-refractivity contribution < 1.29 is 88.7 Å². The van der Waals surface area contributed by atoms with E-state index in [1.54, 1.807) is 12.1 Å². The van der Waals surface area contributed by atoms with E-state index in [1.807, 2.05) is 62.6 Å². The maximum atomic E-state index is 12.6. The predicted molar refractivity (Wildman–Crippen MR) is 220 cm³/mol. The Balaban J connectivity index is 0. The average Bonchev–Trinajstić information content (AvgIpc) is 3.12. The van der Waals surface area contributed by atoms with Gasteiger partial charge in [-0.25, -0.2) is 9.15 Å². The molecule has 0 aliphatic rings. The number of non-ortho nitro benzene ring substituents is 1. The second-order valence-electron chi connectivity index (χ2n) is 14.7. The van der Waals surface area contributed by atoms with Crippen molar-refractivity contribution in [2.75, 3.05) is 0 Å². The molecule has 0 spiro atoms. The molecule has 58 heavy (non-hydrogen) atoms. The molecule has 0 fully saturated rings. The van der Waals surface area contributed by atoms with Gasteiger partial charge in [0, 0.05) is 80.7 Å². The number of hydrogen-bond acceptors (Lipinski definition) is 4. The first-order valence-corrected chi connectivity index (χ1v) is 18.4. The molecule has 0 amide bonds. The number of nitro groups is 1. The summed E-state index contributed by atoms with van der Waals surface area (Å²) >= 11 is 0. The number of pyridine rings is 2. The van der Waals surface area contributed by atoms with Crippen LogP contribution in [0.5, 0.6) is 0 Å². The van der Waals surface area contributed by atoms with Crippen LogP contribution in [-0.2, 0) is 34.1 Å². The molecule has 2 radical (unpaired) electrons. The predicted octanol–water partition coefficient (Wildman–Crippen LogP) is 0.383. The van der Waals surface area contributed by atoms with Gasteiger partial charge in [-0.3, -0.25) is 10.1 Å². The zero-order valence-corrected chi connectivity index (χ0v) is 39.6. The van der Waals surface area contributed by atoms with Gasteiger partial charge in [-0.1, -0.05) is 67.5 Å². The number of aromatic nitrogens is 2. The third kappa shape index (κ3) is 12.0. The number of halogens is 4. The van der Waals surface area contributed by atoms with E-state index in [9.17, 15) is 10.1 Å². The van der Waals surface area contributed by atoms with Crippen molar-refractivity contribution in [2.45, 2.75) is 99.8 Å². The molecule has 0 N–H and O–H groups in total. The van der Waals surface area contributed by atoms with Crippen LogP contribution in [0.3, 0.4) is 0 Å². The molecule has 5 rings (SSSR count). The van der Waals surface area contributed by atoms with Crippen LogP contribution in [0.25, 0.3) is 22.3 Å². The first-order valence-electron chi connectivity index (χ1n) is 18.4. The van der Waals surface area contributed by atoms with Crippen LogP contribution >= 0.6 is 0 Å². The second-order valence-corrected chi connectivity index (χ2v) is 14.7. The van der Waals surface area contributed by atoms with Gasteiger partial charge in [0.25, 0.3) is 5.69 Å². The third-order valence-electron chi connectivity index (χ3n) is 9.84. The minimum atomic E-state index is -0.266. The molecule has 0 saturated heterocycles. The summed E-state index contributed by atoms with van der Waals surface area (Å²) in [5.74, 6) is 2.44. The van der Waals surface area contributed by atoms with Crippen LogP contribution in [0.1, 0.15) is 121 Å². The van der Waals surface area contributed by atoms with Crippen molar-refractivity contribution in [3.05, 3.63) is 123 Å². The molecule has 5 aromatic rings. The molecule has 0 unspecified atom stereocenters. The maximum Gasteiger partial charge on any atom is 0.327 e. The third-order valence-corrected chi connectivity index (χ3v) is 9.84. The van der Waals surface area contributed by atoms with E-state index in [-0.39, 0.29) is 118 Å². The Bertz CT molecular complexity index is 1980. The van der Waals surface area contributed by atoms with Crippen molar-refractivity contribution in [1.29, 1.82) is 0 Å². The summed E-state index contributed by atoms with van der Waals surface area (Å²) in [4.78, 5) is 21.7. The Morgan fingerprint density at radius 2 is 0.862 bits per heavy atom. The zero-order valence-electron chi connectivity index (χ0n) is 34.7. The quantitative estimate of drug-likeness (QED) is 0.0633. The molecule has 3 aromatic carbocycles. The fourth-order valence-electron chi connectivity index (χ4n) is 7.14. The van der Waals surface area contributed by atoms with Gasteiger partial charge in [0.2, 0.25) is 0 Å². The average molecular weight is 965 g/mol. The molecule has 2 aromatic heterocycles. The fraction of sp³-hybridized carbons (Fsp3) is 0.333. The van der Waals surface area contributed by atoms with Gasteiger partial charge in [-0.15, -0.1) is 0 Å². The van der Waals surface area contributed by atoms with E-state index in [2.05, 4.69) is 118 Å². The van der Waals surface area contributed by atoms with Crippen LogP contribution in [0, 0.1) is 17.0 Å². The van der Waals surface area contributed by atoms with Gasteiger partial charge in [0.15, 0.2) is 0 Å². The molecule has 0 saturated carbocycles. The van der Waals surface area contributed by atoms with Crippen molar-refractivity contribution in [3.63, 3.8) is 0 Å². The van der Waals surface area contributed by atoms with Crippen molar-refractivity contribution in [3.8, 4) is 22.3 Å². The first kappa shape index (κ1) is 57.0. The number of benzene rings is 3. The standard InChI is InChI=1S/C45H53N5O2.4ClH.2Cu/c1-12-48(42-18-14-16-20-46-42)44-36(28(3)4)22-33(23-37(44)29(5)6)40-26-35(50(51)52)27-41(32(40)11)34-24-38(30(7)8)45(39(25-34)31(9)10)49(13-2)43-19-15-17-21-47-43;;;;;;/h12-31H,1-11H3;4*1H;;/q+2;;;;;;/p-4. The van der Waals surface area contributed by atoms with Gasteiger partial charge in [-0.2, -0.15) is 0 Å². The van der Waals surface area contributed by atoms with E-state index in [4.69, 9.17) is 0 Å². The zero-order chi connectivity index (χ0) is 37.9. The summed E-state index contributed by atoms with van der Waals surface area (Å²) in [6, 6.07) is 24.3. The normalized spacial score (nSPS) is 11.2. The van der Waals surface area contributed by atoms with Gasteiger partial charge in [0.1, 0.15) is 23.8 Å². The van der Waals surface area contributed by atoms with Gasteiger partial charge < -0.3 is 49.6 Å². The minimum absolute atomic E-state index is 0. The van der Waals surface area contributed by atoms with Gasteiger partial charge in [-0.05, 0) is 119 Å². The van der Waals surface area contributed by atoms with E-state index in [0.29, 0.717) is 0 Å². The summed E-state index contributed by atoms with van der Waals surface area (Å²) in [5, 5.41) is 12.6. The molecule has 0 aliphatic carbocycles. The molecule has 2 heterocycles. The van der Waals surface area contributed by atoms with Gasteiger partial charge >= 0.3 is 11.6 Å². The number of rotatable bonds is 11. The Labute approximate surface area is 391 Å². The smallest absolute Gasteiger partial charge is 0.327 e. The Hall–Kier alpha value is -3.10. The van der Waals surface area contributed by atoms with E-state index >= 15 is 0 Å². The largest absolute Gasteiger partial charge is 1.00 e. The molecule has 0 bridgehead atoms. The monoisotopic (exact) mass is 961 g/mol. The molecule has 0 aliphatic heterocycles.